The molecule has 0 radical (unpaired) electrons. The first kappa shape index (κ1) is 13.2. The van der Waals surface area contributed by atoms with Gasteiger partial charge in [-0.05, 0) is 38.8 Å². The number of hydrogen-bond donors (Lipinski definition) is 3. The minimum Gasteiger partial charge on any atom is -0.465 e. The fourth-order valence-electron chi connectivity index (χ4n) is 1.73. The first-order chi connectivity index (χ1) is 7.67. The molecule has 1 aromatic rings. The van der Waals surface area contributed by atoms with Crippen molar-refractivity contribution in [3.05, 3.63) is 23.7 Å². The van der Waals surface area contributed by atoms with Gasteiger partial charge in [-0.1, -0.05) is 0 Å². The molecule has 4 N–H and O–H groups in total. The van der Waals surface area contributed by atoms with Crippen LogP contribution < -0.4 is 11.1 Å². The Balaban J connectivity index is 2.48. The molecule has 4 nitrogen and oxygen atoms in total. The van der Waals surface area contributed by atoms with Crippen LogP contribution in [0.5, 0.6) is 0 Å². The number of aliphatic hydroxyl groups excluding tert-OH is 1. The molecule has 16 heavy (non-hydrogen) atoms. The van der Waals surface area contributed by atoms with E-state index in [1.165, 1.54) is 0 Å². The van der Waals surface area contributed by atoms with Crippen molar-refractivity contribution in [1.29, 1.82) is 0 Å². The lowest BCUT2D eigenvalue weighted by Gasteiger charge is -2.20. The van der Waals surface area contributed by atoms with Gasteiger partial charge in [0.2, 0.25) is 0 Å². The molecule has 0 spiro atoms. The molecule has 0 amide bonds. The summed E-state index contributed by atoms with van der Waals surface area (Å²) in [5.74, 6) is 1.79. The second-order valence-electron chi connectivity index (χ2n) is 4.17. The van der Waals surface area contributed by atoms with Crippen molar-refractivity contribution in [2.24, 2.45) is 5.73 Å². The van der Waals surface area contributed by atoms with Gasteiger partial charge in [-0.3, -0.25) is 0 Å². The van der Waals surface area contributed by atoms with E-state index in [1.54, 1.807) is 0 Å². The lowest BCUT2D eigenvalue weighted by atomic mass is 10.1. The van der Waals surface area contributed by atoms with Crippen LogP contribution in [0.3, 0.4) is 0 Å². The highest BCUT2D eigenvalue weighted by molar-refractivity contribution is 5.10. The summed E-state index contributed by atoms with van der Waals surface area (Å²) >= 11 is 0. The van der Waals surface area contributed by atoms with Crippen molar-refractivity contribution in [3.63, 3.8) is 0 Å². The number of aliphatic hydroxyl groups is 1. The summed E-state index contributed by atoms with van der Waals surface area (Å²) in [6.07, 6.45) is 1.75. The van der Waals surface area contributed by atoms with E-state index < -0.39 is 0 Å². The molecule has 0 bridgehead atoms. The topological polar surface area (TPSA) is 71.4 Å². The Morgan fingerprint density at radius 3 is 2.75 bits per heavy atom. The Bertz CT molecular complexity index is 299. The van der Waals surface area contributed by atoms with Crippen LogP contribution in [0.1, 0.15) is 37.3 Å². The van der Waals surface area contributed by atoms with Gasteiger partial charge in [-0.15, -0.1) is 0 Å². The van der Waals surface area contributed by atoms with Crippen LogP contribution in [0.25, 0.3) is 0 Å². The molecular formula is C12H22N2O2. The number of hydrogen-bond acceptors (Lipinski definition) is 4. The Labute approximate surface area is 96.8 Å². The largest absolute Gasteiger partial charge is 0.465 e. The van der Waals surface area contributed by atoms with Crippen LogP contribution in [0.4, 0.5) is 0 Å². The van der Waals surface area contributed by atoms with Gasteiger partial charge in [-0.25, -0.2) is 0 Å². The molecule has 0 saturated heterocycles. The van der Waals surface area contributed by atoms with Crippen LogP contribution in [0, 0.1) is 6.92 Å². The summed E-state index contributed by atoms with van der Waals surface area (Å²) < 4.78 is 5.55. The van der Waals surface area contributed by atoms with E-state index in [2.05, 4.69) is 12.2 Å². The fourth-order valence-corrected chi connectivity index (χ4v) is 1.73. The van der Waals surface area contributed by atoms with Crippen molar-refractivity contribution in [2.45, 2.75) is 38.8 Å². The summed E-state index contributed by atoms with van der Waals surface area (Å²) in [5, 5.41) is 12.2. The van der Waals surface area contributed by atoms with Crippen LogP contribution in [0.2, 0.25) is 0 Å². The Hall–Kier alpha value is -0.840. The average Bonchev–Trinajstić information content (AvgIpc) is 2.69. The zero-order chi connectivity index (χ0) is 12.0. The molecular weight excluding hydrogens is 204 g/mol. The molecule has 92 valence electrons. The zero-order valence-corrected chi connectivity index (χ0v) is 10.1. The van der Waals surface area contributed by atoms with E-state index in [0.717, 1.165) is 24.4 Å². The smallest absolute Gasteiger partial charge is 0.122 e. The number of aryl methyl sites for hydroxylation is 1. The Morgan fingerprint density at radius 2 is 2.25 bits per heavy atom. The molecule has 0 fully saturated rings. The zero-order valence-electron chi connectivity index (χ0n) is 10.1. The molecule has 0 saturated carbocycles. The maximum absolute atomic E-state index is 8.76. The molecule has 1 heterocycles. The molecule has 0 aliphatic rings. The number of furan rings is 1. The van der Waals surface area contributed by atoms with E-state index in [4.69, 9.17) is 15.3 Å². The lowest BCUT2D eigenvalue weighted by molar-refractivity contribution is 0.271. The van der Waals surface area contributed by atoms with Crippen molar-refractivity contribution in [1.82, 2.24) is 5.32 Å². The molecule has 0 aromatic carbocycles. The summed E-state index contributed by atoms with van der Waals surface area (Å²) in [4.78, 5) is 0. The van der Waals surface area contributed by atoms with Gasteiger partial charge in [0.1, 0.15) is 11.5 Å². The number of nitrogens with one attached hydrogen (secondary N) is 1. The van der Waals surface area contributed by atoms with Crippen LogP contribution in [-0.2, 0) is 0 Å². The second-order valence-corrected chi connectivity index (χ2v) is 4.17. The summed E-state index contributed by atoms with van der Waals surface area (Å²) in [5.41, 5.74) is 5.72. The molecule has 2 unspecified atom stereocenters. The van der Waals surface area contributed by atoms with E-state index in [1.807, 2.05) is 19.1 Å². The maximum Gasteiger partial charge on any atom is 0.122 e. The van der Waals surface area contributed by atoms with Gasteiger partial charge in [0.15, 0.2) is 0 Å². The first-order valence-electron chi connectivity index (χ1n) is 5.80. The van der Waals surface area contributed by atoms with Gasteiger partial charge >= 0.3 is 0 Å². The molecule has 0 aliphatic carbocycles. The van der Waals surface area contributed by atoms with Crippen molar-refractivity contribution >= 4 is 0 Å². The van der Waals surface area contributed by atoms with Gasteiger partial charge in [0, 0.05) is 19.2 Å². The monoisotopic (exact) mass is 226 g/mol. The predicted octanol–water partition coefficient (Wildman–Crippen LogP) is 1.34. The predicted molar refractivity (Wildman–Crippen MR) is 64.2 cm³/mol. The highest BCUT2D eigenvalue weighted by Crippen LogP contribution is 2.16. The van der Waals surface area contributed by atoms with E-state index in [9.17, 15) is 0 Å². The molecule has 2 atom stereocenters. The first-order valence-corrected chi connectivity index (χ1v) is 5.80. The highest BCUT2D eigenvalue weighted by atomic mass is 16.3. The quantitative estimate of drug-likeness (QED) is 0.656. The maximum atomic E-state index is 8.76. The number of rotatable bonds is 7. The van der Waals surface area contributed by atoms with Crippen molar-refractivity contribution in [2.75, 3.05) is 13.2 Å². The van der Waals surface area contributed by atoms with Crippen LogP contribution in [-0.4, -0.2) is 24.3 Å². The molecule has 0 aliphatic heterocycles. The molecule has 1 aromatic heterocycles. The second kappa shape index (κ2) is 6.68. The van der Waals surface area contributed by atoms with Crippen LogP contribution in [0.15, 0.2) is 16.5 Å². The minimum atomic E-state index is 0.0578. The van der Waals surface area contributed by atoms with Gasteiger partial charge in [-0.2, -0.15) is 0 Å². The molecule has 4 heteroatoms. The van der Waals surface area contributed by atoms with E-state index in [0.29, 0.717) is 12.6 Å². The van der Waals surface area contributed by atoms with Crippen molar-refractivity contribution < 1.29 is 9.52 Å². The van der Waals surface area contributed by atoms with Crippen molar-refractivity contribution in [3.8, 4) is 0 Å². The normalized spacial score (nSPS) is 15.0. The third-order valence-corrected chi connectivity index (χ3v) is 2.62. The third-order valence-electron chi connectivity index (χ3n) is 2.62. The van der Waals surface area contributed by atoms with Gasteiger partial charge < -0.3 is 20.6 Å². The summed E-state index contributed by atoms with van der Waals surface area (Å²) in [6, 6.07) is 4.28. The third kappa shape index (κ3) is 3.96. The van der Waals surface area contributed by atoms with Gasteiger partial charge in [0.25, 0.3) is 0 Å². The SMILES string of the molecule is Cc1ccc(C(CN)NC(C)CCCO)o1. The fraction of sp³-hybridized carbons (Fsp3) is 0.667. The molecule has 1 rings (SSSR count). The summed E-state index contributed by atoms with van der Waals surface area (Å²) in [6.45, 7) is 4.76. The minimum absolute atomic E-state index is 0.0578. The lowest BCUT2D eigenvalue weighted by Crippen LogP contribution is -2.34. The number of nitrogens with two attached hydrogens (primary N) is 1. The van der Waals surface area contributed by atoms with Crippen LogP contribution >= 0.6 is 0 Å². The average molecular weight is 226 g/mol. The van der Waals surface area contributed by atoms with E-state index in [-0.39, 0.29) is 12.6 Å². The van der Waals surface area contributed by atoms with Gasteiger partial charge in [0.05, 0.1) is 6.04 Å². The Kier molecular flexibility index (Phi) is 5.52. The standard InChI is InChI=1S/C12H22N2O2/c1-9(4-3-7-15)14-11(8-13)12-6-5-10(2)16-12/h5-6,9,11,14-15H,3-4,7-8,13H2,1-2H3. The summed E-state index contributed by atoms with van der Waals surface area (Å²) in [7, 11) is 0. The van der Waals surface area contributed by atoms with E-state index >= 15 is 0 Å². The Morgan fingerprint density at radius 1 is 1.50 bits per heavy atom. The highest BCUT2D eigenvalue weighted by Gasteiger charge is 2.15.